The molecule has 4 aromatic heterocycles. The van der Waals surface area contributed by atoms with Gasteiger partial charge in [-0.3, -0.25) is 4.79 Å². The van der Waals surface area contributed by atoms with Crippen LogP contribution in [0.3, 0.4) is 0 Å². The lowest BCUT2D eigenvalue weighted by molar-refractivity contribution is 0.0951. The van der Waals surface area contributed by atoms with Crippen molar-refractivity contribution in [2.45, 2.75) is 6.54 Å². The van der Waals surface area contributed by atoms with Crippen LogP contribution in [0.5, 0.6) is 5.88 Å². The molecular formula is C29H20F2N6O2. The number of halogens is 2. The van der Waals surface area contributed by atoms with Crippen LogP contribution in [-0.4, -0.2) is 37.4 Å². The molecule has 8 nitrogen and oxygen atoms in total. The highest BCUT2D eigenvalue weighted by atomic mass is 19.1. The lowest BCUT2D eigenvalue weighted by Gasteiger charge is -2.13. The molecular weight excluding hydrogens is 502 g/mol. The quantitative estimate of drug-likeness (QED) is 0.322. The molecule has 39 heavy (non-hydrogen) atoms. The summed E-state index contributed by atoms with van der Waals surface area (Å²) in [5.74, 6) is -1.14. The Hall–Kier alpha value is -5.25. The Labute approximate surface area is 221 Å². The van der Waals surface area contributed by atoms with Gasteiger partial charge in [0.15, 0.2) is 5.82 Å². The number of amides is 1. The van der Waals surface area contributed by atoms with Crippen LogP contribution in [0.25, 0.3) is 39.2 Å². The van der Waals surface area contributed by atoms with Gasteiger partial charge in [-0.1, -0.05) is 6.07 Å². The predicted molar refractivity (Wildman–Crippen MR) is 141 cm³/mol. The Morgan fingerprint density at radius 1 is 0.949 bits per heavy atom. The number of nitrogens with zero attached hydrogens (tertiary/aromatic N) is 5. The van der Waals surface area contributed by atoms with Gasteiger partial charge in [-0.25, -0.2) is 28.7 Å². The Kier molecular flexibility index (Phi) is 6.12. The van der Waals surface area contributed by atoms with Crippen LogP contribution in [0.2, 0.25) is 0 Å². The highest BCUT2D eigenvalue weighted by molar-refractivity contribution is 5.98. The minimum Gasteiger partial charge on any atom is -0.481 e. The van der Waals surface area contributed by atoms with Crippen molar-refractivity contribution in [3.8, 4) is 28.4 Å². The second-order valence-electron chi connectivity index (χ2n) is 8.75. The maximum absolute atomic E-state index is 15.0. The van der Waals surface area contributed by atoms with Crippen LogP contribution >= 0.6 is 0 Å². The van der Waals surface area contributed by atoms with E-state index in [1.807, 2.05) is 28.9 Å². The molecule has 192 valence electrons. The van der Waals surface area contributed by atoms with Gasteiger partial charge in [0.05, 0.1) is 30.0 Å². The number of pyridine rings is 2. The van der Waals surface area contributed by atoms with Gasteiger partial charge in [-0.2, -0.15) is 0 Å². The summed E-state index contributed by atoms with van der Waals surface area (Å²) < 4.78 is 35.7. The molecule has 2 aromatic carbocycles. The summed E-state index contributed by atoms with van der Waals surface area (Å²) >= 11 is 0. The van der Waals surface area contributed by atoms with Crippen molar-refractivity contribution in [2.24, 2.45) is 0 Å². The zero-order valence-corrected chi connectivity index (χ0v) is 20.6. The second-order valence-corrected chi connectivity index (χ2v) is 8.75. The van der Waals surface area contributed by atoms with Gasteiger partial charge in [0.1, 0.15) is 17.2 Å². The summed E-state index contributed by atoms with van der Waals surface area (Å²) in [5.41, 5.74) is 4.18. The molecule has 0 aliphatic rings. The number of nitrogens with one attached hydrogen (secondary N) is 1. The van der Waals surface area contributed by atoms with Crippen molar-refractivity contribution >= 4 is 22.6 Å². The van der Waals surface area contributed by atoms with E-state index in [9.17, 15) is 13.6 Å². The number of fused-ring (bicyclic) bond motifs is 2. The average molecular weight is 523 g/mol. The fourth-order valence-corrected chi connectivity index (χ4v) is 4.26. The SMILES string of the molecule is COc1cc(-c2nc3cc(C(=O)NCc4ccc5nccn5c4)ccc3nc2-c2ccc(F)cc2)c(F)cn1. The van der Waals surface area contributed by atoms with E-state index >= 15 is 0 Å². The van der Waals surface area contributed by atoms with Crippen LogP contribution < -0.4 is 10.1 Å². The lowest BCUT2D eigenvalue weighted by atomic mass is 10.0. The third kappa shape index (κ3) is 4.75. The largest absolute Gasteiger partial charge is 0.481 e. The van der Waals surface area contributed by atoms with Gasteiger partial charge in [0.2, 0.25) is 5.88 Å². The minimum absolute atomic E-state index is 0.111. The smallest absolute Gasteiger partial charge is 0.251 e. The molecule has 6 rings (SSSR count). The molecule has 4 heterocycles. The van der Waals surface area contributed by atoms with Crippen molar-refractivity contribution in [3.63, 3.8) is 0 Å². The molecule has 0 unspecified atom stereocenters. The predicted octanol–water partition coefficient (Wildman–Crippen LogP) is 5.22. The van der Waals surface area contributed by atoms with Crippen LogP contribution in [0.15, 0.2) is 85.5 Å². The van der Waals surface area contributed by atoms with Crippen molar-refractivity contribution in [1.82, 2.24) is 29.7 Å². The number of benzene rings is 2. The minimum atomic E-state index is -0.628. The number of methoxy groups -OCH3 is 1. The van der Waals surface area contributed by atoms with E-state index in [2.05, 4.69) is 15.3 Å². The monoisotopic (exact) mass is 522 g/mol. The number of carbonyl (C=O) groups is 1. The number of aromatic nitrogens is 5. The first-order chi connectivity index (χ1) is 19.0. The van der Waals surface area contributed by atoms with Crippen LogP contribution in [-0.2, 0) is 6.54 Å². The van der Waals surface area contributed by atoms with Gasteiger partial charge < -0.3 is 14.5 Å². The van der Waals surface area contributed by atoms with E-state index in [1.165, 1.54) is 25.3 Å². The van der Waals surface area contributed by atoms with Crippen LogP contribution in [0.4, 0.5) is 8.78 Å². The zero-order chi connectivity index (χ0) is 26.9. The molecule has 0 aliphatic heterocycles. The third-order valence-electron chi connectivity index (χ3n) is 6.24. The molecule has 1 N–H and O–H groups in total. The highest BCUT2D eigenvalue weighted by Crippen LogP contribution is 2.34. The summed E-state index contributed by atoms with van der Waals surface area (Å²) in [4.78, 5) is 30.5. The van der Waals surface area contributed by atoms with Crippen LogP contribution in [0, 0.1) is 11.6 Å². The van der Waals surface area contributed by atoms with E-state index in [0.29, 0.717) is 34.4 Å². The van der Waals surface area contributed by atoms with Crippen molar-refractivity contribution in [2.75, 3.05) is 7.11 Å². The molecule has 0 spiro atoms. The molecule has 0 radical (unpaired) electrons. The number of rotatable bonds is 6. The molecule has 0 fully saturated rings. The Bertz CT molecular complexity index is 1850. The molecule has 1 amide bonds. The van der Waals surface area contributed by atoms with Crippen molar-refractivity contribution in [3.05, 3.63) is 108 Å². The number of carbonyl (C=O) groups excluding carboxylic acids is 1. The Morgan fingerprint density at radius 2 is 1.77 bits per heavy atom. The van der Waals surface area contributed by atoms with Gasteiger partial charge >= 0.3 is 0 Å². The second kappa shape index (κ2) is 9.90. The van der Waals surface area contributed by atoms with Gasteiger partial charge in [-0.05, 0) is 54.1 Å². The third-order valence-corrected chi connectivity index (χ3v) is 6.24. The van der Waals surface area contributed by atoms with E-state index < -0.39 is 11.6 Å². The topological polar surface area (TPSA) is 94.3 Å². The summed E-state index contributed by atoms with van der Waals surface area (Å²) in [6.07, 6.45) is 6.48. The molecule has 0 saturated heterocycles. The van der Waals surface area contributed by atoms with E-state index in [-0.39, 0.29) is 23.0 Å². The molecule has 0 aliphatic carbocycles. The molecule has 6 aromatic rings. The van der Waals surface area contributed by atoms with Gasteiger partial charge in [0.25, 0.3) is 5.91 Å². The first-order valence-electron chi connectivity index (χ1n) is 12.0. The summed E-state index contributed by atoms with van der Waals surface area (Å²) in [5, 5.41) is 2.91. The lowest BCUT2D eigenvalue weighted by Crippen LogP contribution is -2.23. The molecule has 0 saturated carbocycles. The number of hydrogen-bond acceptors (Lipinski definition) is 6. The fraction of sp³-hybridized carbons (Fsp3) is 0.0690. The first-order valence-corrected chi connectivity index (χ1v) is 12.0. The molecule has 0 bridgehead atoms. The van der Waals surface area contributed by atoms with E-state index in [0.717, 1.165) is 17.4 Å². The average Bonchev–Trinajstić information content (AvgIpc) is 3.44. The highest BCUT2D eigenvalue weighted by Gasteiger charge is 2.19. The summed E-state index contributed by atoms with van der Waals surface area (Å²) in [7, 11) is 1.43. The molecule has 0 atom stereocenters. The van der Waals surface area contributed by atoms with Crippen molar-refractivity contribution in [1.29, 1.82) is 0 Å². The summed E-state index contributed by atoms with van der Waals surface area (Å²) in [6.45, 7) is 0.313. The number of imidazole rings is 1. The zero-order valence-electron chi connectivity index (χ0n) is 20.6. The standard InChI is InChI=1S/C29H20F2N6O2/c1-39-26-13-21(22(31)15-33-26)28-27(18-3-6-20(30)7-4-18)35-23-8-5-19(12-24(23)36-28)29(38)34-14-17-2-9-25-32-10-11-37(25)16-17/h2-13,15-16H,14H2,1H3,(H,34,38). The van der Waals surface area contributed by atoms with Gasteiger partial charge in [-0.15, -0.1) is 0 Å². The first kappa shape index (κ1) is 24.1. The Balaban J connectivity index is 1.38. The molecule has 10 heteroatoms. The normalized spacial score (nSPS) is 11.2. The number of ether oxygens (including phenoxy) is 1. The van der Waals surface area contributed by atoms with E-state index in [4.69, 9.17) is 14.7 Å². The number of hydrogen-bond donors (Lipinski definition) is 1. The Morgan fingerprint density at radius 3 is 2.59 bits per heavy atom. The fourth-order valence-electron chi connectivity index (χ4n) is 4.26. The van der Waals surface area contributed by atoms with E-state index in [1.54, 1.807) is 36.5 Å². The van der Waals surface area contributed by atoms with Gasteiger partial charge in [0, 0.05) is 47.9 Å². The maximum atomic E-state index is 15.0. The van der Waals surface area contributed by atoms with Crippen molar-refractivity contribution < 1.29 is 18.3 Å². The maximum Gasteiger partial charge on any atom is 0.251 e. The van der Waals surface area contributed by atoms with Crippen LogP contribution in [0.1, 0.15) is 15.9 Å². The summed E-state index contributed by atoms with van der Waals surface area (Å²) in [6, 6.07) is 15.8.